The average molecular weight is 234 g/mol. The van der Waals surface area contributed by atoms with Crippen molar-refractivity contribution in [3.8, 4) is 17.6 Å². The number of carbonyl (C=O) groups excluding carboxylic acids is 1. The van der Waals surface area contributed by atoms with E-state index in [1.807, 2.05) is 19.1 Å². The SMILES string of the molecule is CC#CC(CC(=[OH+])OCC)c1ccc([OH2+])cc1. The van der Waals surface area contributed by atoms with E-state index in [1.54, 1.807) is 19.1 Å². The smallest absolute Gasteiger partial charge is 0.484 e. The molecule has 0 spiro atoms. The van der Waals surface area contributed by atoms with Crippen LogP contribution in [0.1, 0.15) is 31.7 Å². The van der Waals surface area contributed by atoms with Crippen LogP contribution in [-0.4, -0.2) is 22.5 Å². The van der Waals surface area contributed by atoms with E-state index in [1.165, 1.54) is 0 Å². The van der Waals surface area contributed by atoms with Crippen LogP contribution in [0, 0.1) is 11.8 Å². The van der Waals surface area contributed by atoms with Gasteiger partial charge in [0.25, 0.3) is 5.75 Å². The van der Waals surface area contributed by atoms with E-state index in [0.29, 0.717) is 18.8 Å². The molecule has 0 aromatic heterocycles. The number of hydrogen-bond donors (Lipinski definition) is 0. The number of hydrogen-bond acceptors (Lipinski definition) is 1. The Labute approximate surface area is 101 Å². The standard InChI is InChI=1S/C14H16O3/c1-3-5-12(10-14(16)17-4-2)11-6-8-13(15)9-7-11/h6-9,12,15H,4,10H2,1-2H3/p+2. The molecule has 0 radical (unpaired) electrons. The quantitative estimate of drug-likeness (QED) is 0.447. The van der Waals surface area contributed by atoms with Crippen molar-refractivity contribution >= 4 is 5.97 Å². The zero-order valence-electron chi connectivity index (χ0n) is 10.2. The minimum absolute atomic E-state index is 0.00944. The zero-order chi connectivity index (χ0) is 12.7. The molecule has 90 valence electrons. The molecule has 0 aliphatic carbocycles. The third-order valence-electron chi connectivity index (χ3n) is 2.32. The Bertz CT molecular complexity index is 423. The second-order valence-electron chi connectivity index (χ2n) is 3.60. The highest BCUT2D eigenvalue weighted by Crippen LogP contribution is 2.21. The van der Waals surface area contributed by atoms with Crippen molar-refractivity contribution in [1.29, 1.82) is 0 Å². The van der Waals surface area contributed by atoms with E-state index < -0.39 is 0 Å². The van der Waals surface area contributed by atoms with Crippen LogP contribution in [0.25, 0.3) is 0 Å². The fraction of sp³-hybridized carbons (Fsp3) is 0.357. The van der Waals surface area contributed by atoms with Crippen LogP contribution >= 0.6 is 0 Å². The third-order valence-corrected chi connectivity index (χ3v) is 2.32. The summed E-state index contributed by atoms with van der Waals surface area (Å²) in [5, 5.41) is 7.43. The minimum atomic E-state index is -0.0906. The summed E-state index contributed by atoms with van der Waals surface area (Å²) in [4.78, 5) is 9.55. The molecule has 1 unspecified atom stereocenters. The largest absolute Gasteiger partial charge is 0.593 e. The predicted octanol–water partition coefficient (Wildman–Crippen LogP) is 2.16. The molecular weight excluding hydrogens is 216 g/mol. The van der Waals surface area contributed by atoms with Crippen LogP contribution in [0.3, 0.4) is 0 Å². The fourth-order valence-corrected chi connectivity index (χ4v) is 1.54. The lowest BCUT2D eigenvalue weighted by atomic mass is 9.96. The maximum atomic E-state index is 9.55. The van der Waals surface area contributed by atoms with Crippen molar-refractivity contribution in [2.24, 2.45) is 0 Å². The van der Waals surface area contributed by atoms with E-state index in [4.69, 9.17) is 9.84 Å². The molecular formula is C14H18O3+2. The van der Waals surface area contributed by atoms with Gasteiger partial charge in [-0.25, -0.2) is 0 Å². The van der Waals surface area contributed by atoms with E-state index in [2.05, 4.69) is 11.8 Å². The summed E-state index contributed by atoms with van der Waals surface area (Å²) in [5.74, 6) is 6.27. The third kappa shape index (κ3) is 4.20. The number of benzene rings is 1. The number of rotatable bonds is 4. The first-order valence-electron chi connectivity index (χ1n) is 5.58. The maximum absolute atomic E-state index is 9.55. The summed E-state index contributed by atoms with van der Waals surface area (Å²) in [6.45, 7) is 4.04. The first-order chi connectivity index (χ1) is 8.17. The van der Waals surface area contributed by atoms with Crippen LogP contribution < -0.4 is 0 Å². The molecule has 0 amide bonds. The van der Waals surface area contributed by atoms with Gasteiger partial charge in [0, 0.05) is 12.1 Å². The molecule has 0 saturated heterocycles. The van der Waals surface area contributed by atoms with Crippen molar-refractivity contribution in [2.45, 2.75) is 26.2 Å². The van der Waals surface area contributed by atoms with Crippen LogP contribution in [-0.2, 0) is 4.74 Å². The van der Waals surface area contributed by atoms with Crippen molar-refractivity contribution in [2.75, 3.05) is 6.61 Å². The van der Waals surface area contributed by atoms with Gasteiger partial charge in [-0.2, -0.15) is 0 Å². The Morgan fingerprint density at radius 1 is 1.41 bits per heavy atom. The van der Waals surface area contributed by atoms with Crippen molar-refractivity contribution in [1.82, 2.24) is 0 Å². The summed E-state index contributed by atoms with van der Waals surface area (Å²) < 4.78 is 5.03. The molecule has 3 nitrogen and oxygen atoms in total. The minimum Gasteiger partial charge on any atom is -0.593 e. The maximum Gasteiger partial charge on any atom is 0.484 e. The Morgan fingerprint density at radius 2 is 2.06 bits per heavy atom. The van der Waals surface area contributed by atoms with Crippen molar-refractivity contribution in [3.63, 3.8) is 0 Å². The van der Waals surface area contributed by atoms with Gasteiger partial charge < -0.3 is 14.6 Å². The van der Waals surface area contributed by atoms with Crippen molar-refractivity contribution < 1.29 is 14.6 Å². The lowest BCUT2D eigenvalue weighted by Crippen LogP contribution is -2.09. The summed E-state index contributed by atoms with van der Waals surface area (Å²) in [7, 11) is 0. The van der Waals surface area contributed by atoms with Crippen molar-refractivity contribution in [3.05, 3.63) is 29.8 Å². The lowest BCUT2D eigenvalue weighted by molar-refractivity contribution is 0.279. The van der Waals surface area contributed by atoms with Crippen LogP contribution in [0.5, 0.6) is 5.75 Å². The normalized spacial score (nSPS) is 11.2. The number of ether oxygens (including phenoxy) is 1. The Balaban J connectivity index is 2.81. The molecule has 1 aromatic rings. The number of esters is 1. The molecule has 0 saturated carbocycles. The summed E-state index contributed by atoms with van der Waals surface area (Å²) in [5.41, 5.74) is 0.988. The van der Waals surface area contributed by atoms with E-state index in [0.717, 1.165) is 5.56 Å². The Kier molecular flexibility index (Phi) is 5.09. The molecule has 1 rings (SSSR count). The molecule has 0 aliphatic heterocycles. The molecule has 17 heavy (non-hydrogen) atoms. The van der Waals surface area contributed by atoms with Gasteiger partial charge in [0.2, 0.25) is 0 Å². The molecule has 0 aliphatic rings. The predicted molar refractivity (Wildman–Crippen MR) is 68.9 cm³/mol. The van der Waals surface area contributed by atoms with Gasteiger partial charge in [-0.3, -0.25) is 0 Å². The second-order valence-corrected chi connectivity index (χ2v) is 3.60. The lowest BCUT2D eigenvalue weighted by Gasteiger charge is -2.06. The van der Waals surface area contributed by atoms with Crippen LogP contribution in [0.15, 0.2) is 24.3 Å². The van der Waals surface area contributed by atoms with Gasteiger partial charge in [0.05, 0.1) is 5.92 Å². The highest BCUT2D eigenvalue weighted by atomic mass is 16.5. The van der Waals surface area contributed by atoms with Crippen LogP contribution in [0.2, 0.25) is 0 Å². The summed E-state index contributed by atoms with van der Waals surface area (Å²) in [6, 6.07) is 7.15. The van der Waals surface area contributed by atoms with Gasteiger partial charge in [0.1, 0.15) is 6.42 Å². The molecule has 0 fully saturated rings. The van der Waals surface area contributed by atoms with Gasteiger partial charge >= 0.3 is 5.97 Å². The highest BCUT2D eigenvalue weighted by molar-refractivity contribution is 5.72. The second kappa shape index (κ2) is 6.59. The van der Waals surface area contributed by atoms with E-state index >= 15 is 0 Å². The Hall–Kier alpha value is -1.95. The molecule has 3 N–H and O–H groups in total. The van der Waals surface area contributed by atoms with Gasteiger partial charge in [-0.05, 0) is 31.5 Å². The fourth-order valence-electron chi connectivity index (χ4n) is 1.54. The Morgan fingerprint density at radius 3 is 2.59 bits per heavy atom. The topological polar surface area (TPSA) is 53.5 Å². The monoisotopic (exact) mass is 234 g/mol. The molecule has 1 atom stereocenters. The molecule has 0 heterocycles. The van der Waals surface area contributed by atoms with Crippen LogP contribution in [0.4, 0.5) is 0 Å². The molecule has 0 bridgehead atoms. The van der Waals surface area contributed by atoms with Gasteiger partial charge in [0.15, 0.2) is 6.61 Å². The van der Waals surface area contributed by atoms with E-state index in [9.17, 15) is 4.79 Å². The summed E-state index contributed by atoms with van der Waals surface area (Å²) >= 11 is 0. The highest BCUT2D eigenvalue weighted by Gasteiger charge is 2.20. The zero-order valence-corrected chi connectivity index (χ0v) is 10.2. The van der Waals surface area contributed by atoms with Gasteiger partial charge in [-0.1, -0.05) is 5.92 Å². The summed E-state index contributed by atoms with van der Waals surface area (Å²) in [6.07, 6.45) is 0.367. The first-order valence-corrected chi connectivity index (χ1v) is 5.58. The average Bonchev–Trinajstić information content (AvgIpc) is 2.30. The first kappa shape index (κ1) is 13.1. The molecule has 1 aromatic carbocycles. The molecule has 3 heteroatoms. The van der Waals surface area contributed by atoms with E-state index in [-0.39, 0.29) is 11.9 Å². The van der Waals surface area contributed by atoms with Gasteiger partial charge in [-0.15, -0.1) is 5.92 Å².